The van der Waals surface area contributed by atoms with Gasteiger partial charge in [0.25, 0.3) is 0 Å². The Morgan fingerprint density at radius 3 is 2.74 bits per heavy atom. The summed E-state index contributed by atoms with van der Waals surface area (Å²) < 4.78 is 21.0. The Kier molecular flexibility index (Phi) is 4.96. The Morgan fingerprint density at radius 2 is 1.97 bits per heavy atom. The molecule has 1 aliphatic carbocycles. The van der Waals surface area contributed by atoms with E-state index in [-0.39, 0.29) is 24.1 Å². The van der Waals surface area contributed by atoms with Gasteiger partial charge in [0.1, 0.15) is 5.52 Å². The predicted molar refractivity (Wildman–Crippen MR) is 117 cm³/mol. The molecule has 0 fully saturated rings. The van der Waals surface area contributed by atoms with E-state index in [2.05, 4.69) is 10.3 Å². The highest BCUT2D eigenvalue weighted by Crippen LogP contribution is 2.40. The number of aliphatic carboxylic acids is 1. The number of halogens is 2. The van der Waals surface area contributed by atoms with Gasteiger partial charge in [-0.2, -0.15) is 0 Å². The van der Waals surface area contributed by atoms with Crippen molar-refractivity contribution in [3.8, 4) is 22.6 Å². The largest absolute Gasteiger partial charge is 0.480 e. The fourth-order valence-corrected chi connectivity index (χ4v) is 4.49. The first-order valence-corrected chi connectivity index (χ1v) is 10.3. The minimum absolute atomic E-state index is 0.0915. The number of carboxylic acids is 1. The predicted octanol–water partition coefficient (Wildman–Crippen LogP) is 5.62. The number of hydrogen-bond donors (Lipinski definition) is 2. The number of nitrogens with one attached hydrogen (secondary N) is 1. The Balaban J connectivity index is 1.58. The summed E-state index contributed by atoms with van der Waals surface area (Å²) in [4.78, 5) is 15.4. The highest BCUT2D eigenvalue weighted by atomic mass is 35.5. The minimum atomic E-state index is -0.952. The average Bonchev–Trinajstić information content (AvgIpc) is 3.38. The lowest BCUT2D eigenvalue weighted by Gasteiger charge is -2.12. The van der Waals surface area contributed by atoms with E-state index in [9.17, 15) is 4.79 Å². The molecule has 1 heterocycles. The van der Waals surface area contributed by atoms with Crippen LogP contribution in [0.25, 0.3) is 33.7 Å². The van der Waals surface area contributed by atoms with Gasteiger partial charge >= 0.3 is 5.97 Å². The Hall–Kier alpha value is -3.22. The van der Waals surface area contributed by atoms with Crippen molar-refractivity contribution in [3.63, 3.8) is 0 Å². The summed E-state index contributed by atoms with van der Waals surface area (Å²) in [5.74, 6) is -1.15. The second-order valence-electron chi connectivity index (χ2n) is 7.52. The third-order valence-electron chi connectivity index (χ3n) is 5.63. The molecule has 0 spiro atoms. The monoisotopic (exact) mass is 436 g/mol. The van der Waals surface area contributed by atoms with Crippen LogP contribution in [0.15, 0.2) is 59.0 Å². The van der Waals surface area contributed by atoms with Gasteiger partial charge in [0.2, 0.25) is 5.89 Å². The molecular weight excluding hydrogens is 419 g/mol. The van der Waals surface area contributed by atoms with Gasteiger partial charge in [0, 0.05) is 11.6 Å². The van der Waals surface area contributed by atoms with Gasteiger partial charge < -0.3 is 14.8 Å². The quantitative estimate of drug-likeness (QED) is 0.425. The molecule has 5 rings (SSSR count). The van der Waals surface area contributed by atoms with Crippen LogP contribution >= 0.6 is 11.6 Å². The normalized spacial score (nSPS) is 15.4. The molecule has 0 saturated carbocycles. The minimum Gasteiger partial charge on any atom is -0.480 e. The standard InChI is InChI=1S/C24H18ClFN2O3/c25-21-14(13-5-2-1-3-6-13)7-4-8-16(21)24-28-19-11-17-15(22(26)23(19)31-24)9-10-18(17)27-12-20(29)30/h1-8,11,18,27H,9-10,12H2,(H,29,30)/t18-/m1/s1. The van der Waals surface area contributed by atoms with Gasteiger partial charge in [-0.3, -0.25) is 4.79 Å². The van der Waals surface area contributed by atoms with Gasteiger partial charge in [0.15, 0.2) is 11.4 Å². The van der Waals surface area contributed by atoms with Crippen LogP contribution in [0.3, 0.4) is 0 Å². The van der Waals surface area contributed by atoms with Crippen LogP contribution in [-0.2, 0) is 11.2 Å². The van der Waals surface area contributed by atoms with Crippen LogP contribution in [0, 0.1) is 5.82 Å². The molecule has 0 amide bonds. The molecule has 5 nitrogen and oxygen atoms in total. The van der Waals surface area contributed by atoms with Crippen molar-refractivity contribution >= 4 is 28.7 Å². The molecule has 7 heteroatoms. The molecule has 156 valence electrons. The number of nitrogens with zero attached hydrogens (tertiary/aromatic N) is 1. The Labute approximate surface area is 182 Å². The summed E-state index contributed by atoms with van der Waals surface area (Å²) in [6, 6.07) is 16.9. The van der Waals surface area contributed by atoms with Gasteiger partial charge in [-0.1, -0.05) is 54.1 Å². The lowest BCUT2D eigenvalue weighted by Crippen LogP contribution is -2.26. The first kappa shape index (κ1) is 19.7. The van der Waals surface area contributed by atoms with Crippen molar-refractivity contribution < 1.29 is 18.7 Å². The van der Waals surface area contributed by atoms with E-state index in [0.29, 0.717) is 34.5 Å². The number of fused-ring (bicyclic) bond motifs is 2. The molecule has 2 N–H and O–H groups in total. The molecule has 0 aliphatic heterocycles. The van der Waals surface area contributed by atoms with E-state index in [1.807, 2.05) is 42.5 Å². The lowest BCUT2D eigenvalue weighted by molar-refractivity contribution is -0.136. The molecule has 3 aromatic carbocycles. The van der Waals surface area contributed by atoms with Crippen LogP contribution in [0.1, 0.15) is 23.6 Å². The molecule has 0 saturated heterocycles. The molecule has 1 aliphatic rings. The van der Waals surface area contributed by atoms with E-state index in [1.54, 1.807) is 12.1 Å². The second kappa shape index (κ2) is 7.80. The lowest BCUT2D eigenvalue weighted by atomic mass is 10.0. The first-order chi connectivity index (χ1) is 15.0. The summed E-state index contributed by atoms with van der Waals surface area (Å²) in [6.45, 7) is -0.185. The number of oxazole rings is 1. The Bertz CT molecular complexity index is 1300. The van der Waals surface area contributed by atoms with Gasteiger partial charge in [-0.05, 0) is 41.7 Å². The fraction of sp³-hybridized carbons (Fsp3) is 0.167. The summed E-state index contributed by atoms with van der Waals surface area (Å²) in [5, 5.41) is 12.4. The summed E-state index contributed by atoms with van der Waals surface area (Å²) in [7, 11) is 0. The third-order valence-corrected chi connectivity index (χ3v) is 6.04. The smallest absolute Gasteiger partial charge is 0.317 e. The van der Waals surface area contributed by atoms with Crippen molar-refractivity contribution in [1.29, 1.82) is 0 Å². The van der Waals surface area contributed by atoms with Crippen molar-refractivity contribution in [1.82, 2.24) is 10.3 Å². The number of rotatable bonds is 5. The number of aromatic nitrogens is 1. The van der Waals surface area contributed by atoms with Crippen LogP contribution < -0.4 is 5.32 Å². The van der Waals surface area contributed by atoms with Crippen molar-refractivity contribution in [2.45, 2.75) is 18.9 Å². The van der Waals surface area contributed by atoms with Gasteiger partial charge in [-0.25, -0.2) is 9.37 Å². The summed E-state index contributed by atoms with van der Waals surface area (Å²) in [6.07, 6.45) is 1.14. The highest BCUT2D eigenvalue weighted by molar-refractivity contribution is 6.36. The van der Waals surface area contributed by atoms with E-state index >= 15 is 4.39 Å². The maximum absolute atomic E-state index is 15.2. The summed E-state index contributed by atoms with van der Waals surface area (Å²) in [5.41, 5.74) is 4.13. The number of benzene rings is 3. The molecule has 0 unspecified atom stereocenters. The molecule has 0 radical (unpaired) electrons. The van der Waals surface area contributed by atoms with Crippen LogP contribution in [0.5, 0.6) is 0 Å². The molecular formula is C24H18ClFN2O3. The van der Waals surface area contributed by atoms with Crippen molar-refractivity contribution in [2.24, 2.45) is 0 Å². The maximum Gasteiger partial charge on any atom is 0.317 e. The van der Waals surface area contributed by atoms with E-state index in [4.69, 9.17) is 21.1 Å². The van der Waals surface area contributed by atoms with Crippen LogP contribution in [-0.4, -0.2) is 22.6 Å². The fourth-order valence-electron chi connectivity index (χ4n) is 4.17. The Morgan fingerprint density at radius 1 is 1.19 bits per heavy atom. The number of carbonyl (C=O) groups is 1. The molecule has 1 atom stereocenters. The number of carboxylic acid groups (broad SMARTS) is 1. The zero-order valence-electron chi connectivity index (χ0n) is 16.4. The second-order valence-corrected chi connectivity index (χ2v) is 7.90. The van der Waals surface area contributed by atoms with Crippen LogP contribution in [0.4, 0.5) is 4.39 Å². The van der Waals surface area contributed by atoms with E-state index < -0.39 is 11.8 Å². The molecule has 31 heavy (non-hydrogen) atoms. The van der Waals surface area contributed by atoms with E-state index in [0.717, 1.165) is 16.7 Å². The molecule has 1 aromatic heterocycles. The molecule has 4 aromatic rings. The maximum atomic E-state index is 15.2. The topological polar surface area (TPSA) is 75.4 Å². The van der Waals surface area contributed by atoms with E-state index in [1.165, 1.54) is 0 Å². The first-order valence-electron chi connectivity index (χ1n) is 9.94. The van der Waals surface area contributed by atoms with Crippen molar-refractivity contribution in [2.75, 3.05) is 6.54 Å². The SMILES string of the molecule is O=C(O)CN[C@@H]1CCc2c1cc1nc(-c3cccc(-c4ccccc4)c3Cl)oc1c2F. The zero-order valence-corrected chi connectivity index (χ0v) is 17.1. The van der Waals surface area contributed by atoms with Gasteiger partial charge in [-0.15, -0.1) is 0 Å². The van der Waals surface area contributed by atoms with Gasteiger partial charge in [0.05, 0.1) is 17.1 Å². The zero-order chi connectivity index (χ0) is 21.5. The highest BCUT2D eigenvalue weighted by Gasteiger charge is 2.29. The average molecular weight is 437 g/mol. The summed E-state index contributed by atoms with van der Waals surface area (Å²) >= 11 is 6.68. The van der Waals surface area contributed by atoms with Crippen molar-refractivity contribution in [3.05, 3.63) is 76.6 Å². The molecule has 0 bridgehead atoms. The third kappa shape index (κ3) is 3.48. The van der Waals surface area contributed by atoms with Crippen LogP contribution in [0.2, 0.25) is 5.02 Å². The number of hydrogen-bond acceptors (Lipinski definition) is 4.